The molecule has 2 heterocycles. The molecule has 33 heavy (non-hydrogen) atoms. The average molecular weight is 471 g/mol. The van der Waals surface area contributed by atoms with Gasteiger partial charge < -0.3 is 9.88 Å². The molecule has 0 unspecified atom stereocenters. The van der Waals surface area contributed by atoms with Crippen molar-refractivity contribution in [3.05, 3.63) is 83.7 Å². The van der Waals surface area contributed by atoms with Crippen LogP contribution in [0.4, 0.5) is 18.9 Å². The molecule has 0 bridgehead atoms. The molecule has 2 aromatic heterocycles. The first-order valence-electron chi connectivity index (χ1n) is 10.3. The molecule has 0 aliphatic carbocycles. The largest absolute Gasteiger partial charge is 0.416 e. The molecule has 0 aliphatic heterocycles. The Labute approximate surface area is 193 Å². The third-order valence-electron chi connectivity index (χ3n) is 5.06. The van der Waals surface area contributed by atoms with Crippen molar-refractivity contribution in [1.29, 1.82) is 0 Å². The van der Waals surface area contributed by atoms with Crippen LogP contribution in [0.15, 0.2) is 72.1 Å². The van der Waals surface area contributed by atoms with Crippen LogP contribution in [0, 0.1) is 0 Å². The summed E-state index contributed by atoms with van der Waals surface area (Å²) >= 11 is 1.28. The van der Waals surface area contributed by atoms with E-state index >= 15 is 0 Å². The van der Waals surface area contributed by atoms with Crippen LogP contribution < -0.4 is 5.32 Å². The fraction of sp³-hybridized carbons (Fsp3) is 0.208. The molecule has 4 aromatic rings. The van der Waals surface area contributed by atoms with Gasteiger partial charge in [-0.25, -0.2) is 4.98 Å². The number of benzene rings is 2. The Kier molecular flexibility index (Phi) is 6.69. The Morgan fingerprint density at radius 1 is 1.09 bits per heavy atom. The summed E-state index contributed by atoms with van der Waals surface area (Å²) < 4.78 is 40.8. The van der Waals surface area contributed by atoms with Crippen molar-refractivity contribution in [3.8, 4) is 0 Å². The molecule has 1 amide bonds. The second-order valence-corrected chi connectivity index (χ2v) is 8.38. The minimum atomic E-state index is -4.40. The molecular formula is C24H21F3N4OS. The van der Waals surface area contributed by atoms with Crippen LogP contribution in [0.5, 0.6) is 0 Å². The number of pyridine rings is 1. The highest BCUT2D eigenvalue weighted by molar-refractivity contribution is 7.98. The van der Waals surface area contributed by atoms with Gasteiger partial charge in [0.2, 0.25) is 5.91 Å². The third kappa shape index (κ3) is 5.54. The molecule has 0 aliphatic rings. The normalized spacial score (nSPS) is 11.6. The third-order valence-corrected chi connectivity index (χ3v) is 6.11. The summed E-state index contributed by atoms with van der Waals surface area (Å²) in [6, 6.07) is 14.6. The van der Waals surface area contributed by atoms with E-state index in [0.717, 1.165) is 24.1 Å². The smallest absolute Gasteiger partial charge is 0.325 e. The van der Waals surface area contributed by atoms with Crippen molar-refractivity contribution in [1.82, 2.24) is 14.5 Å². The summed E-state index contributed by atoms with van der Waals surface area (Å²) in [7, 11) is 0. The van der Waals surface area contributed by atoms with E-state index in [1.807, 2.05) is 31.2 Å². The number of carbonyl (C=O) groups excluding carboxylic acids is 1. The zero-order valence-corrected chi connectivity index (χ0v) is 18.6. The van der Waals surface area contributed by atoms with Gasteiger partial charge in [0.25, 0.3) is 0 Å². The Bertz CT molecular complexity index is 1290. The van der Waals surface area contributed by atoms with E-state index in [2.05, 4.69) is 15.3 Å². The van der Waals surface area contributed by atoms with Crippen LogP contribution in [-0.4, -0.2) is 20.4 Å². The van der Waals surface area contributed by atoms with Gasteiger partial charge in [0.1, 0.15) is 6.54 Å². The number of hydrogen-bond acceptors (Lipinski definition) is 4. The van der Waals surface area contributed by atoms with Crippen molar-refractivity contribution in [3.63, 3.8) is 0 Å². The van der Waals surface area contributed by atoms with Gasteiger partial charge in [0.15, 0.2) is 5.16 Å². The van der Waals surface area contributed by atoms with Gasteiger partial charge in [-0.2, -0.15) is 13.2 Å². The van der Waals surface area contributed by atoms with Gasteiger partial charge in [-0.15, -0.1) is 0 Å². The monoisotopic (exact) mass is 470 g/mol. The number of alkyl halides is 3. The van der Waals surface area contributed by atoms with E-state index in [9.17, 15) is 18.0 Å². The number of amides is 1. The number of thioether (sulfide) groups is 1. The van der Waals surface area contributed by atoms with E-state index in [0.29, 0.717) is 27.4 Å². The van der Waals surface area contributed by atoms with Crippen LogP contribution in [-0.2, 0) is 29.7 Å². The number of imidazole rings is 1. The Hall–Kier alpha value is -3.33. The summed E-state index contributed by atoms with van der Waals surface area (Å²) in [5, 5.41) is 3.44. The zero-order valence-electron chi connectivity index (χ0n) is 17.8. The van der Waals surface area contributed by atoms with Crippen molar-refractivity contribution in [2.75, 3.05) is 5.32 Å². The molecule has 0 spiro atoms. The van der Waals surface area contributed by atoms with Crippen molar-refractivity contribution in [2.24, 2.45) is 0 Å². The number of nitrogens with one attached hydrogen (secondary N) is 1. The first kappa shape index (κ1) is 22.8. The second kappa shape index (κ2) is 9.66. The molecule has 9 heteroatoms. The summed E-state index contributed by atoms with van der Waals surface area (Å²) in [6.45, 7) is 2.04. The van der Waals surface area contributed by atoms with Crippen molar-refractivity contribution < 1.29 is 18.0 Å². The van der Waals surface area contributed by atoms with Crippen LogP contribution in [0.1, 0.15) is 23.6 Å². The summed E-state index contributed by atoms with van der Waals surface area (Å²) in [6.07, 6.45) is -0.302. The standard InChI is InChI=1S/C24H21F3N4OS/c1-2-16-5-4-8-19(12-16)29-22(32)14-31-21-13-28-10-9-20(21)30-23(31)33-15-17-6-3-7-18(11-17)24(25,26)27/h3-13H,2,14-15H2,1H3,(H,29,32). The predicted molar refractivity (Wildman–Crippen MR) is 123 cm³/mol. The lowest BCUT2D eigenvalue weighted by Gasteiger charge is -2.11. The summed E-state index contributed by atoms with van der Waals surface area (Å²) in [4.78, 5) is 21.5. The maximum atomic E-state index is 13.0. The van der Waals surface area contributed by atoms with E-state index in [1.165, 1.54) is 17.8 Å². The number of halogens is 3. The lowest BCUT2D eigenvalue weighted by Crippen LogP contribution is -2.19. The van der Waals surface area contributed by atoms with E-state index < -0.39 is 11.7 Å². The minimum absolute atomic E-state index is 0.00344. The number of aromatic nitrogens is 3. The van der Waals surface area contributed by atoms with Crippen LogP contribution in [0.2, 0.25) is 0 Å². The maximum Gasteiger partial charge on any atom is 0.416 e. The number of rotatable bonds is 7. The molecule has 0 atom stereocenters. The maximum absolute atomic E-state index is 13.0. The number of hydrogen-bond donors (Lipinski definition) is 1. The SMILES string of the molecule is CCc1cccc(NC(=O)Cn2c(SCc3cccc(C(F)(F)F)c3)nc3ccncc32)c1. The molecule has 5 nitrogen and oxygen atoms in total. The molecule has 4 rings (SSSR count). The molecular weight excluding hydrogens is 449 g/mol. The fourth-order valence-corrected chi connectivity index (χ4v) is 4.37. The molecule has 0 saturated carbocycles. The molecule has 0 radical (unpaired) electrons. The summed E-state index contributed by atoms with van der Waals surface area (Å²) in [5.41, 5.74) is 3.00. The summed E-state index contributed by atoms with van der Waals surface area (Å²) in [5.74, 6) is 0.0493. The van der Waals surface area contributed by atoms with Crippen LogP contribution in [0.25, 0.3) is 11.0 Å². The highest BCUT2D eigenvalue weighted by Crippen LogP contribution is 2.32. The molecule has 1 N–H and O–H groups in total. The van der Waals surface area contributed by atoms with E-state index in [4.69, 9.17) is 0 Å². The molecule has 0 saturated heterocycles. The van der Waals surface area contributed by atoms with Gasteiger partial charge >= 0.3 is 6.18 Å². The van der Waals surface area contributed by atoms with E-state index in [-0.39, 0.29) is 18.2 Å². The van der Waals surface area contributed by atoms with Crippen molar-refractivity contribution in [2.45, 2.75) is 37.0 Å². The Morgan fingerprint density at radius 3 is 2.67 bits per heavy atom. The van der Waals surface area contributed by atoms with Crippen LogP contribution >= 0.6 is 11.8 Å². The number of carbonyl (C=O) groups is 1. The lowest BCUT2D eigenvalue weighted by molar-refractivity contribution is -0.137. The van der Waals surface area contributed by atoms with Gasteiger partial charge in [0, 0.05) is 17.6 Å². The Balaban J connectivity index is 1.55. The predicted octanol–water partition coefficient (Wildman–Crippen LogP) is 5.94. The molecule has 0 fully saturated rings. The molecule has 170 valence electrons. The minimum Gasteiger partial charge on any atom is -0.325 e. The quantitative estimate of drug-likeness (QED) is 0.340. The lowest BCUT2D eigenvalue weighted by atomic mass is 10.1. The van der Waals surface area contributed by atoms with Gasteiger partial charge in [-0.3, -0.25) is 9.78 Å². The highest BCUT2D eigenvalue weighted by atomic mass is 32.2. The highest BCUT2D eigenvalue weighted by Gasteiger charge is 2.30. The Morgan fingerprint density at radius 2 is 1.88 bits per heavy atom. The van der Waals surface area contributed by atoms with E-state index in [1.54, 1.807) is 29.1 Å². The van der Waals surface area contributed by atoms with Gasteiger partial charge in [-0.1, -0.05) is 49.0 Å². The zero-order chi connectivity index (χ0) is 23.4. The van der Waals surface area contributed by atoms with Crippen molar-refractivity contribution >= 4 is 34.4 Å². The average Bonchev–Trinajstić information content (AvgIpc) is 3.14. The number of aryl methyl sites for hydroxylation is 1. The topological polar surface area (TPSA) is 59.8 Å². The molecule has 2 aromatic carbocycles. The second-order valence-electron chi connectivity index (χ2n) is 7.43. The number of fused-ring (bicyclic) bond motifs is 1. The first-order chi connectivity index (χ1) is 15.8. The van der Waals surface area contributed by atoms with Crippen LogP contribution in [0.3, 0.4) is 0 Å². The van der Waals surface area contributed by atoms with Gasteiger partial charge in [0.05, 0.1) is 22.8 Å². The fourth-order valence-electron chi connectivity index (χ4n) is 3.41. The first-order valence-corrected chi connectivity index (χ1v) is 11.3. The number of anilines is 1. The number of nitrogens with zero attached hydrogens (tertiary/aromatic N) is 3. The van der Waals surface area contributed by atoms with Gasteiger partial charge in [-0.05, 0) is 41.8 Å².